The maximum Gasteiger partial charge on any atom is 0.280 e. The average Bonchev–Trinajstić information content (AvgIpc) is 2.61. The summed E-state index contributed by atoms with van der Waals surface area (Å²) >= 11 is 0. The highest BCUT2D eigenvalue weighted by Gasteiger charge is 2.25. The van der Waals surface area contributed by atoms with Crippen LogP contribution in [-0.4, -0.2) is 33.0 Å². The Labute approximate surface area is 148 Å². The van der Waals surface area contributed by atoms with Crippen molar-refractivity contribution in [2.75, 3.05) is 20.3 Å². The second-order valence-corrected chi connectivity index (χ2v) is 7.55. The summed E-state index contributed by atoms with van der Waals surface area (Å²) in [7, 11) is -2.02. The zero-order valence-corrected chi connectivity index (χ0v) is 15.0. The Morgan fingerprint density at radius 2 is 1.96 bits per heavy atom. The van der Waals surface area contributed by atoms with Crippen LogP contribution >= 0.6 is 0 Å². The number of nitrogens with one attached hydrogen (secondary N) is 1. The lowest BCUT2D eigenvalue weighted by molar-refractivity contribution is 0.251. The van der Waals surface area contributed by atoms with Crippen LogP contribution in [0.1, 0.15) is 17.5 Å². The van der Waals surface area contributed by atoms with E-state index in [0.717, 1.165) is 11.1 Å². The maximum atomic E-state index is 12.7. The van der Waals surface area contributed by atoms with Crippen molar-refractivity contribution >= 4 is 10.2 Å². The summed E-state index contributed by atoms with van der Waals surface area (Å²) in [6.45, 7) is 1.36. The number of nitrogens with zero attached hydrogens (tertiary/aromatic N) is 1. The van der Waals surface area contributed by atoms with E-state index in [-0.39, 0.29) is 13.1 Å². The molecular weight excluding hydrogens is 340 g/mol. The minimum Gasteiger partial charge on any atom is -0.493 e. The molecule has 0 spiro atoms. The molecule has 0 aromatic heterocycles. The molecule has 0 fully saturated rings. The highest BCUT2D eigenvalue weighted by atomic mass is 32.2. The summed E-state index contributed by atoms with van der Waals surface area (Å²) in [5.41, 5.74) is 1.72. The molecule has 3 rings (SSSR count). The van der Waals surface area contributed by atoms with Gasteiger partial charge in [-0.2, -0.15) is 17.4 Å². The van der Waals surface area contributed by atoms with Crippen LogP contribution in [0, 0.1) is 0 Å². The van der Waals surface area contributed by atoms with Crippen LogP contribution in [0.25, 0.3) is 0 Å². The van der Waals surface area contributed by atoms with Crippen LogP contribution in [0.5, 0.6) is 11.5 Å². The molecule has 0 bridgehead atoms. The Morgan fingerprint density at radius 3 is 2.72 bits per heavy atom. The van der Waals surface area contributed by atoms with Crippen molar-refractivity contribution in [1.82, 2.24) is 9.03 Å². The number of methoxy groups -OCH3 is 1. The van der Waals surface area contributed by atoms with Gasteiger partial charge in [0.05, 0.1) is 13.7 Å². The average molecular weight is 362 g/mol. The van der Waals surface area contributed by atoms with Gasteiger partial charge in [0, 0.05) is 25.2 Å². The van der Waals surface area contributed by atoms with Gasteiger partial charge in [-0.15, -0.1) is 0 Å². The van der Waals surface area contributed by atoms with Crippen molar-refractivity contribution in [2.24, 2.45) is 0 Å². The van der Waals surface area contributed by atoms with Crippen LogP contribution in [0.15, 0.2) is 48.5 Å². The number of rotatable bonds is 5. The van der Waals surface area contributed by atoms with E-state index in [1.54, 1.807) is 7.11 Å². The van der Waals surface area contributed by atoms with Crippen molar-refractivity contribution in [2.45, 2.75) is 19.5 Å². The van der Waals surface area contributed by atoms with Crippen molar-refractivity contribution in [3.05, 3.63) is 59.7 Å². The van der Waals surface area contributed by atoms with E-state index >= 15 is 0 Å². The van der Waals surface area contributed by atoms with Crippen LogP contribution in [0.2, 0.25) is 0 Å². The third-order valence-electron chi connectivity index (χ3n) is 4.07. The summed E-state index contributed by atoms with van der Waals surface area (Å²) in [4.78, 5) is 0. The van der Waals surface area contributed by atoms with E-state index in [9.17, 15) is 8.42 Å². The quantitative estimate of drug-likeness (QED) is 0.886. The maximum absolute atomic E-state index is 12.7. The predicted octanol–water partition coefficient (Wildman–Crippen LogP) is 2.31. The normalized spacial score (nSPS) is 15.6. The van der Waals surface area contributed by atoms with Crippen molar-refractivity contribution in [3.8, 4) is 11.5 Å². The van der Waals surface area contributed by atoms with Gasteiger partial charge in [0.1, 0.15) is 0 Å². The second kappa shape index (κ2) is 7.86. The zero-order valence-electron chi connectivity index (χ0n) is 14.1. The minimum atomic E-state index is -3.60. The molecule has 134 valence electrons. The second-order valence-electron chi connectivity index (χ2n) is 5.80. The Bertz CT molecular complexity index is 809. The van der Waals surface area contributed by atoms with Gasteiger partial charge >= 0.3 is 0 Å². The molecule has 1 heterocycles. The van der Waals surface area contributed by atoms with Gasteiger partial charge in [0.25, 0.3) is 10.2 Å². The Hall–Kier alpha value is -2.09. The van der Waals surface area contributed by atoms with E-state index in [0.29, 0.717) is 31.1 Å². The molecule has 0 radical (unpaired) electrons. The topological polar surface area (TPSA) is 67.9 Å². The Morgan fingerprint density at radius 1 is 1.16 bits per heavy atom. The summed E-state index contributed by atoms with van der Waals surface area (Å²) in [6, 6.07) is 15.0. The fraction of sp³-hybridized carbons (Fsp3) is 0.333. The number of benzene rings is 2. The van der Waals surface area contributed by atoms with Gasteiger partial charge in [-0.25, -0.2) is 0 Å². The molecular formula is C18H22N2O4S. The molecule has 0 amide bonds. The number of ether oxygens (including phenoxy) is 2. The Kier molecular flexibility index (Phi) is 5.57. The van der Waals surface area contributed by atoms with Gasteiger partial charge in [-0.05, 0) is 18.1 Å². The fourth-order valence-electron chi connectivity index (χ4n) is 2.76. The Balaban J connectivity index is 1.78. The van der Waals surface area contributed by atoms with Gasteiger partial charge in [0.2, 0.25) is 0 Å². The first-order chi connectivity index (χ1) is 12.1. The highest BCUT2D eigenvalue weighted by Crippen LogP contribution is 2.33. The molecule has 2 aromatic carbocycles. The van der Waals surface area contributed by atoms with Crippen molar-refractivity contribution in [3.63, 3.8) is 0 Å². The molecule has 1 aliphatic heterocycles. The standard InChI is InChI=1S/C18H22N2O4S/c1-23-17-10-5-9-16-14-20(11-6-12-24-18(16)17)25(21,22)19-13-15-7-3-2-4-8-15/h2-5,7-10,19H,6,11-14H2,1H3. The molecule has 1 aliphatic rings. The molecule has 0 saturated heterocycles. The minimum absolute atomic E-state index is 0.247. The van der Waals surface area contributed by atoms with Crippen molar-refractivity contribution in [1.29, 1.82) is 0 Å². The van der Waals surface area contributed by atoms with E-state index < -0.39 is 10.2 Å². The lowest BCUT2D eigenvalue weighted by Gasteiger charge is -2.26. The first kappa shape index (κ1) is 17.7. The van der Waals surface area contributed by atoms with E-state index in [2.05, 4.69) is 4.72 Å². The van der Waals surface area contributed by atoms with Gasteiger partial charge < -0.3 is 9.47 Å². The van der Waals surface area contributed by atoms with E-state index in [1.165, 1.54) is 4.31 Å². The SMILES string of the molecule is COc1cccc2c1OCCCN(S(=O)(=O)NCc1ccccc1)C2. The van der Waals surface area contributed by atoms with E-state index in [4.69, 9.17) is 9.47 Å². The predicted molar refractivity (Wildman–Crippen MR) is 95.7 cm³/mol. The lowest BCUT2D eigenvalue weighted by Crippen LogP contribution is -2.41. The van der Waals surface area contributed by atoms with Gasteiger partial charge in [-0.3, -0.25) is 0 Å². The lowest BCUT2D eigenvalue weighted by atomic mass is 10.1. The smallest absolute Gasteiger partial charge is 0.280 e. The first-order valence-electron chi connectivity index (χ1n) is 8.17. The number of hydrogen-bond donors (Lipinski definition) is 1. The summed E-state index contributed by atoms with van der Waals surface area (Å²) in [6.07, 6.45) is 0.615. The van der Waals surface area contributed by atoms with E-state index in [1.807, 2.05) is 48.5 Å². The first-order valence-corrected chi connectivity index (χ1v) is 9.61. The monoisotopic (exact) mass is 362 g/mol. The summed E-state index contributed by atoms with van der Waals surface area (Å²) < 4.78 is 40.7. The number of fused-ring (bicyclic) bond motifs is 1. The molecule has 25 heavy (non-hydrogen) atoms. The fourth-order valence-corrected chi connectivity index (χ4v) is 3.97. The molecule has 0 saturated carbocycles. The third kappa shape index (κ3) is 4.31. The van der Waals surface area contributed by atoms with Crippen LogP contribution in [-0.2, 0) is 23.3 Å². The summed E-state index contributed by atoms with van der Waals surface area (Å²) in [5, 5.41) is 0. The molecule has 0 atom stereocenters. The molecule has 7 heteroatoms. The molecule has 0 unspecified atom stereocenters. The largest absolute Gasteiger partial charge is 0.493 e. The highest BCUT2D eigenvalue weighted by molar-refractivity contribution is 7.87. The van der Waals surface area contributed by atoms with Crippen LogP contribution in [0.4, 0.5) is 0 Å². The molecule has 2 aromatic rings. The van der Waals surface area contributed by atoms with Crippen LogP contribution in [0.3, 0.4) is 0 Å². The number of hydrogen-bond acceptors (Lipinski definition) is 4. The zero-order chi connectivity index (χ0) is 17.7. The molecule has 6 nitrogen and oxygen atoms in total. The molecule has 0 aliphatic carbocycles. The van der Waals surface area contributed by atoms with Crippen LogP contribution < -0.4 is 14.2 Å². The third-order valence-corrected chi connectivity index (χ3v) is 5.57. The molecule has 1 N–H and O–H groups in total. The van der Waals surface area contributed by atoms with Crippen molar-refractivity contribution < 1.29 is 17.9 Å². The van der Waals surface area contributed by atoms with Gasteiger partial charge in [-0.1, -0.05) is 42.5 Å². The number of para-hydroxylation sites is 1. The van der Waals surface area contributed by atoms with Gasteiger partial charge in [0.15, 0.2) is 11.5 Å². The summed E-state index contributed by atoms with van der Waals surface area (Å²) in [5.74, 6) is 1.24.